The number of halogens is 1. The summed E-state index contributed by atoms with van der Waals surface area (Å²) in [4.78, 5) is 26.6. The minimum absolute atomic E-state index is 0.0111. The predicted molar refractivity (Wildman–Crippen MR) is 99.9 cm³/mol. The molecular formula is C18H22ClN5O3. The molecule has 2 amide bonds. The van der Waals surface area contributed by atoms with Gasteiger partial charge in [-0.2, -0.15) is 0 Å². The highest BCUT2D eigenvalue weighted by atomic mass is 35.5. The molecule has 1 aliphatic rings. The number of piperidine rings is 1. The standard InChI is InChI=1S/C18H22ClN5O3/c1-27-10-8-20-17(25)16-12-24(22-21-16)15-3-2-9-23(11-15)18(26)13-4-6-14(19)7-5-13/h4-7,12,15H,2-3,8-11H2,1H3,(H,20,25). The maximum atomic E-state index is 12.7. The first-order chi connectivity index (χ1) is 13.1. The van der Waals surface area contributed by atoms with Crippen molar-refractivity contribution in [3.05, 3.63) is 46.7 Å². The van der Waals surface area contributed by atoms with E-state index in [1.807, 2.05) is 0 Å². The zero-order valence-corrected chi connectivity index (χ0v) is 15.9. The summed E-state index contributed by atoms with van der Waals surface area (Å²) in [5, 5.41) is 11.3. The van der Waals surface area contributed by atoms with Crippen molar-refractivity contribution >= 4 is 23.4 Å². The Morgan fingerprint density at radius 2 is 2.11 bits per heavy atom. The van der Waals surface area contributed by atoms with Crippen molar-refractivity contribution in [2.45, 2.75) is 18.9 Å². The molecule has 9 heteroatoms. The van der Waals surface area contributed by atoms with Crippen molar-refractivity contribution < 1.29 is 14.3 Å². The van der Waals surface area contributed by atoms with Gasteiger partial charge in [0.1, 0.15) is 0 Å². The van der Waals surface area contributed by atoms with Gasteiger partial charge in [0.25, 0.3) is 11.8 Å². The fourth-order valence-corrected chi connectivity index (χ4v) is 3.17. The third-order valence-corrected chi connectivity index (χ3v) is 4.74. The number of amides is 2. The summed E-state index contributed by atoms with van der Waals surface area (Å²) in [6, 6.07) is 6.87. The van der Waals surface area contributed by atoms with Crippen LogP contribution in [0.25, 0.3) is 0 Å². The molecule has 2 heterocycles. The van der Waals surface area contributed by atoms with Crippen molar-refractivity contribution in [2.24, 2.45) is 0 Å². The topological polar surface area (TPSA) is 89.4 Å². The zero-order valence-electron chi connectivity index (χ0n) is 15.1. The molecule has 0 saturated carbocycles. The summed E-state index contributed by atoms with van der Waals surface area (Å²) in [5.41, 5.74) is 0.865. The van der Waals surface area contributed by atoms with E-state index in [9.17, 15) is 9.59 Å². The molecule has 1 aromatic carbocycles. The fourth-order valence-electron chi connectivity index (χ4n) is 3.05. The van der Waals surface area contributed by atoms with Crippen LogP contribution in [0.1, 0.15) is 39.7 Å². The number of likely N-dealkylation sites (tertiary alicyclic amines) is 1. The first-order valence-electron chi connectivity index (χ1n) is 8.82. The van der Waals surface area contributed by atoms with Crippen molar-refractivity contribution in [1.82, 2.24) is 25.2 Å². The molecule has 1 saturated heterocycles. The quantitative estimate of drug-likeness (QED) is 0.758. The average Bonchev–Trinajstić information content (AvgIpc) is 3.19. The average molecular weight is 392 g/mol. The number of nitrogens with one attached hydrogen (secondary N) is 1. The molecule has 1 fully saturated rings. The Morgan fingerprint density at radius 1 is 1.33 bits per heavy atom. The number of aromatic nitrogens is 3. The lowest BCUT2D eigenvalue weighted by Crippen LogP contribution is -2.40. The van der Waals surface area contributed by atoms with Gasteiger partial charge < -0.3 is 15.0 Å². The Labute approximate surface area is 162 Å². The monoisotopic (exact) mass is 391 g/mol. The van der Waals surface area contributed by atoms with Gasteiger partial charge >= 0.3 is 0 Å². The Balaban J connectivity index is 1.63. The lowest BCUT2D eigenvalue weighted by molar-refractivity contribution is 0.0671. The van der Waals surface area contributed by atoms with Crippen LogP contribution >= 0.6 is 11.6 Å². The molecule has 27 heavy (non-hydrogen) atoms. The molecule has 1 aliphatic heterocycles. The van der Waals surface area contributed by atoms with E-state index < -0.39 is 0 Å². The lowest BCUT2D eigenvalue weighted by Gasteiger charge is -2.32. The fraction of sp³-hybridized carbons (Fsp3) is 0.444. The van der Waals surface area contributed by atoms with Crippen molar-refractivity contribution in [3.63, 3.8) is 0 Å². The van der Waals surface area contributed by atoms with Gasteiger partial charge in [0.2, 0.25) is 0 Å². The van der Waals surface area contributed by atoms with Crippen molar-refractivity contribution in [1.29, 1.82) is 0 Å². The smallest absolute Gasteiger partial charge is 0.273 e. The first kappa shape index (κ1) is 19.3. The third-order valence-electron chi connectivity index (χ3n) is 4.48. The highest BCUT2D eigenvalue weighted by molar-refractivity contribution is 6.30. The van der Waals surface area contributed by atoms with Crippen LogP contribution in [0.4, 0.5) is 0 Å². The van der Waals surface area contributed by atoms with Gasteiger partial charge in [0.05, 0.1) is 18.8 Å². The van der Waals surface area contributed by atoms with E-state index in [0.717, 1.165) is 12.8 Å². The molecule has 2 aromatic rings. The zero-order chi connectivity index (χ0) is 19.2. The third kappa shape index (κ3) is 4.84. The Bertz CT molecular complexity index is 793. The molecule has 8 nitrogen and oxygen atoms in total. The summed E-state index contributed by atoms with van der Waals surface area (Å²) in [6.07, 6.45) is 3.36. The summed E-state index contributed by atoms with van der Waals surface area (Å²) < 4.78 is 6.58. The second-order valence-corrected chi connectivity index (χ2v) is 6.82. The van der Waals surface area contributed by atoms with Crippen LogP contribution in [0.2, 0.25) is 5.02 Å². The first-order valence-corrected chi connectivity index (χ1v) is 9.20. The van der Waals surface area contributed by atoms with E-state index in [1.54, 1.807) is 47.2 Å². The van der Waals surface area contributed by atoms with E-state index in [0.29, 0.717) is 36.8 Å². The largest absolute Gasteiger partial charge is 0.383 e. The number of methoxy groups -OCH3 is 1. The van der Waals surface area contributed by atoms with E-state index in [2.05, 4.69) is 15.6 Å². The van der Waals surface area contributed by atoms with Crippen LogP contribution < -0.4 is 5.32 Å². The number of hydrogen-bond acceptors (Lipinski definition) is 5. The molecule has 0 bridgehead atoms. The summed E-state index contributed by atoms with van der Waals surface area (Å²) in [6.45, 7) is 2.06. The molecule has 1 atom stereocenters. The van der Waals surface area contributed by atoms with Crippen LogP contribution in [0.15, 0.2) is 30.5 Å². The number of carbonyl (C=O) groups excluding carboxylic acids is 2. The van der Waals surface area contributed by atoms with Gasteiger partial charge in [0, 0.05) is 37.3 Å². The Morgan fingerprint density at radius 3 is 2.85 bits per heavy atom. The molecule has 0 radical (unpaired) electrons. The van der Waals surface area contributed by atoms with Gasteiger partial charge in [-0.25, -0.2) is 4.68 Å². The SMILES string of the molecule is COCCNC(=O)c1cn(C2CCCN(C(=O)c3ccc(Cl)cc3)C2)nn1. The van der Waals surface area contributed by atoms with Crippen molar-refractivity contribution in [3.8, 4) is 0 Å². The van der Waals surface area contributed by atoms with E-state index >= 15 is 0 Å². The van der Waals surface area contributed by atoms with Gasteiger partial charge in [-0.1, -0.05) is 16.8 Å². The number of carbonyl (C=O) groups is 2. The molecule has 0 spiro atoms. The number of nitrogens with zero attached hydrogens (tertiary/aromatic N) is 4. The summed E-state index contributed by atoms with van der Waals surface area (Å²) in [7, 11) is 1.57. The maximum Gasteiger partial charge on any atom is 0.273 e. The van der Waals surface area contributed by atoms with Gasteiger partial charge in [-0.05, 0) is 37.1 Å². The van der Waals surface area contributed by atoms with E-state index in [-0.39, 0.29) is 23.6 Å². The second-order valence-electron chi connectivity index (χ2n) is 6.39. The Kier molecular flexibility index (Phi) is 6.41. The second kappa shape index (κ2) is 8.96. The normalized spacial score (nSPS) is 17.0. The number of rotatable bonds is 6. The van der Waals surface area contributed by atoms with Crippen molar-refractivity contribution in [2.75, 3.05) is 33.4 Å². The molecule has 0 aliphatic carbocycles. The molecule has 144 valence electrons. The van der Waals surface area contributed by atoms with Gasteiger partial charge in [0.15, 0.2) is 5.69 Å². The van der Waals surface area contributed by atoms with Crippen LogP contribution in [-0.2, 0) is 4.74 Å². The van der Waals surface area contributed by atoms with Crippen LogP contribution in [0, 0.1) is 0 Å². The van der Waals surface area contributed by atoms with Crippen LogP contribution in [0.5, 0.6) is 0 Å². The highest BCUT2D eigenvalue weighted by Crippen LogP contribution is 2.23. The molecule has 1 N–H and O–H groups in total. The van der Waals surface area contributed by atoms with Crippen LogP contribution in [0.3, 0.4) is 0 Å². The van der Waals surface area contributed by atoms with E-state index in [1.165, 1.54) is 0 Å². The number of ether oxygens (including phenoxy) is 1. The number of benzene rings is 1. The molecule has 3 rings (SSSR count). The Hall–Kier alpha value is -2.45. The maximum absolute atomic E-state index is 12.7. The van der Waals surface area contributed by atoms with Gasteiger partial charge in [-0.3, -0.25) is 9.59 Å². The molecule has 1 unspecified atom stereocenters. The van der Waals surface area contributed by atoms with Gasteiger partial charge in [-0.15, -0.1) is 5.10 Å². The lowest BCUT2D eigenvalue weighted by atomic mass is 10.0. The molecular weight excluding hydrogens is 370 g/mol. The van der Waals surface area contributed by atoms with E-state index in [4.69, 9.17) is 16.3 Å². The van der Waals surface area contributed by atoms with Crippen LogP contribution in [-0.4, -0.2) is 65.1 Å². The molecule has 1 aromatic heterocycles. The minimum Gasteiger partial charge on any atom is -0.383 e. The summed E-state index contributed by atoms with van der Waals surface area (Å²) >= 11 is 5.89. The summed E-state index contributed by atoms with van der Waals surface area (Å²) in [5.74, 6) is -0.322. The predicted octanol–water partition coefficient (Wildman–Crippen LogP) is 1.78. The number of hydrogen-bond donors (Lipinski definition) is 1. The highest BCUT2D eigenvalue weighted by Gasteiger charge is 2.27. The minimum atomic E-state index is -0.289.